The van der Waals surface area contributed by atoms with E-state index in [4.69, 9.17) is 4.74 Å². The first-order chi connectivity index (χ1) is 9.26. The van der Waals surface area contributed by atoms with Crippen LogP contribution in [-0.4, -0.2) is 48.1 Å². The van der Waals surface area contributed by atoms with Crippen LogP contribution in [0.1, 0.15) is 47.5 Å². The third kappa shape index (κ3) is 3.32. The third-order valence-electron chi connectivity index (χ3n) is 3.78. The molecule has 5 nitrogen and oxygen atoms in total. The fourth-order valence-electron chi connectivity index (χ4n) is 2.86. The Morgan fingerprint density at radius 2 is 1.95 bits per heavy atom. The first kappa shape index (κ1) is 17.0. The lowest BCUT2D eigenvalue weighted by molar-refractivity contribution is -0.160. The molecule has 0 aromatic rings. The van der Waals surface area contributed by atoms with Gasteiger partial charge in [-0.3, -0.25) is 9.59 Å². The van der Waals surface area contributed by atoms with Crippen molar-refractivity contribution in [3.8, 4) is 0 Å². The average molecular weight is 284 g/mol. The summed E-state index contributed by atoms with van der Waals surface area (Å²) in [5.74, 6) is -0.0145. The minimum Gasteiger partial charge on any atom is -0.383 e. The summed E-state index contributed by atoms with van der Waals surface area (Å²) in [7, 11) is 1.63. The number of hydrogen-bond donors (Lipinski definition) is 1. The van der Waals surface area contributed by atoms with Crippen LogP contribution in [0.15, 0.2) is 0 Å². The second kappa shape index (κ2) is 6.57. The number of piperazine rings is 1. The number of amides is 2. The van der Waals surface area contributed by atoms with Gasteiger partial charge in [0, 0.05) is 7.11 Å². The summed E-state index contributed by atoms with van der Waals surface area (Å²) in [6, 6.07) is -0.461. The second-order valence-corrected chi connectivity index (χ2v) is 6.41. The molecular weight excluding hydrogens is 256 g/mol. The van der Waals surface area contributed by atoms with E-state index in [0.29, 0.717) is 6.61 Å². The van der Waals surface area contributed by atoms with Crippen molar-refractivity contribution >= 4 is 11.8 Å². The Morgan fingerprint density at radius 3 is 2.40 bits per heavy atom. The standard InChI is InChI=1S/C15H28N2O3/c1-7-8-11(9-20-6)17-12(10(2)3)13(18)16-15(4,5)14(17)19/h10-12H,7-9H2,1-6H3,(H,16,18). The van der Waals surface area contributed by atoms with Crippen molar-refractivity contribution in [2.75, 3.05) is 13.7 Å². The molecular formula is C15H28N2O3. The largest absolute Gasteiger partial charge is 0.383 e. The molecule has 1 aliphatic heterocycles. The number of ether oxygens (including phenoxy) is 1. The molecule has 20 heavy (non-hydrogen) atoms. The zero-order valence-corrected chi connectivity index (χ0v) is 13.5. The number of hydrogen-bond acceptors (Lipinski definition) is 3. The Morgan fingerprint density at radius 1 is 1.35 bits per heavy atom. The number of methoxy groups -OCH3 is 1. The molecule has 1 rings (SSSR count). The van der Waals surface area contributed by atoms with Crippen molar-refractivity contribution in [3.05, 3.63) is 0 Å². The summed E-state index contributed by atoms with van der Waals surface area (Å²) in [5, 5.41) is 2.83. The maximum Gasteiger partial charge on any atom is 0.248 e. The van der Waals surface area contributed by atoms with E-state index in [0.717, 1.165) is 12.8 Å². The van der Waals surface area contributed by atoms with E-state index < -0.39 is 11.6 Å². The van der Waals surface area contributed by atoms with E-state index in [9.17, 15) is 9.59 Å². The predicted molar refractivity (Wildman–Crippen MR) is 78.3 cm³/mol. The molecule has 1 fully saturated rings. The second-order valence-electron chi connectivity index (χ2n) is 6.41. The molecule has 116 valence electrons. The van der Waals surface area contributed by atoms with Gasteiger partial charge in [0.25, 0.3) is 0 Å². The van der Waals surface area contributed by atoms with Gasteiger partial charge in [-0.15, -0.1) is 0 Å². The lowest BCUT2D eigenvalue weighted by Crippen LogP contribution is -2.71. The van der Waals surface area contributed by atoms with Gasteiger partial charge < -0.3 is 15.0 Å². The highest BCUT2D eigenvalue weighted by atomic mass is 16.5. The van der Waals surface area contributed by atoms with Gasteiger partial charge in [-0.2, -0.15) is 0 Å². The Hall–Kier alpha value is -1.10. The minimum absolute atomic E-state index is 0.0219. The quantitative estimate of drug-likeness (QED) is 0.805. The van der Waals surface area contributed by atoms with E-state index in [-0.39, 0.29) is 23.8 Å². The van der Waals surface area contributed by atoms with Crippen LogP contribution in [0.2, 0.25) is 0 Å². The van der Waals surface area contributed by atoms with E-state index in [1.807, 2.05) is 13.8 Å². The SMILES string of the molecule is CCCC(COC)N1C(=O)C(C)(C)NC(=O)C1C(C)C. The van der Waals surface area contributed by atoms with Crippen molar-refractivity contribution in [1.82, 2.24) is 10.2 Å². The summed E-state index contributed by atoms with van der Waals surface area (Å²) in [6.07, 6.45) is 1.79. The average Bonchev–Trinajstić information content (AvgIpc) is 2.32. The predicted octanol–water partition coefficient (Wildman–Crippen LogP) is 1.56. The molecule has 0 spiro atoms. The minimum atomic E-state index is -0.845. The first-order valence-corrected chi connectivity index (χ1v) is 7.40. The van der Waals surface area contributed by atoms with Crippen molar-refractivity contribution in [1.29, 1.82) is 0 Å². The Labute approximate surface area is 122 Å². The van der Waals surface area contributed by atoms with Crippen molar-refractivity contribution in [2.24, 2.45) is 5.92 Å². The summed E-state index contributed by atoms with van der Waals surface area (Å²) in [5.41, 5.74) is -0.845. The normalized spacial score (nSPS) is 23.9. The van der Waals surface area contributed by atoms with Crippen LogP contribution in [0, 0.1) is 5.92 Å². The molecule has 0 bridgehead atoms. The summed E-state index contributed by atoms with van der Waals surface area (Å²) in [4.78, 5) is 26.9. The molecule has 0 aromatic carbocycles. The molecule has 0 saturated carbocycles. The fourth-order valence-corrected chi connectivity index (χ4v) is 2.86. The number of nitrogens with one attached hydrogen (secondary N) is 1. The van der Waals surface area contributed by atoms with Crippen LogP contribution in [-0.2, 0) is 14.3 Å². The van der Waals surface area contributed by atoms with E-state index in [1.165, 1.54) is 0 Å². The Kier molecular flexibility index (Phi) is 5.57. The maximum atomic E-state index is 12.8. The molecule has 1 aliphatic rings. The Bertz CT molecular complexity index is 360. The molecule has 2 unspecified atom stereocenters. The number of rotatable bonds is 6. The van der Waals surface area contributed by atoms with Gasteiger partial charge in [-0.1, -0.05) is 27.2 Å². The maximum absolute atomic E-state index is 12.8. The van der Waals surface area contributed by atoms with Crippen molar-refractivity contribution in [3.63, 3.8) is 0 Å². The van der Waals surface area contributed by atoms with Gasteiger partial charge in [0.15, 0.2) is 0 Å². The number of nitrogens with zero attached hydrogens (tertiary/aromatic N) is 1. The van der Waals surface area contributed by atoms with E-state index in [1.54, 1.807) is 25.9 Å². The Balaban J connectivity index is 3.16. The monoisotopic (exact) mass is 284 g/mol. The summed E-state index contributed by atoms with van der Waals surface area (Å²) < 4.78 is 5.26. The molecule has 1 N–H and O–H groups in total. The molecule has 0 aromatic heterocycles. The van der Waals surface area contributed by atoms with E-state index in [2.05, 4.69) is 12.2 Å². The molecule has 2 atom stereocenters. The third-order valence-corrected chi connectivity index (χ3v) is 3.78. The van der Waals surface area contributed by atoms with Gasteiger partial charge in [-0.25, -0.2) is 0 Å². The van der Waals surface area contributed by atoms with Crippen LogP contribution in [0.25, 0.3) is 0 Å². The van der Waals surface area contributed by atoms with Crippen LogP contribution in [0.5, 0.6) is 0 Å². The van der Waals surface area contributed by atoms with Gasteiger partial charge in [-0.05, 0) is 26.2 Å². The van der Waals surface area contributed by atoms with Crippen LogP contribution >= 0.6 is 0 Å². The van der Waals surface area contributed by atoms with Gasteiger partial charge in [0.05, 0.1) is 12.6 Å². The number of carbonyl (C=O) groups excluding carboxylic acids is 2. The summed E-state index contributed by atoms with van der Waals surface area (Å²) in [6.45, 7) is 10.00. The summed E-state index contributed by atoms with van der Waals surface area (Å²) >= 11 is 0. The van der Waals surface area contributed by atoms with Crippen LogP contribution in [0.3, 0.4) is 0 Å². The van der Waals surface area contributed by atoms with Crippen molar-refractivity contribution < 1.29 is 14.3 Å². The van der Waals surface area contributed by atoms with Crippen LogP contribution in [0.4, 0.5) is 0 Å². The lowest BCUT2D eigenvalue weighted by Gasteiger charge is -2.47. The highest BCUT2D eigenvalue weighted by Crippen LogP contribution is 2.26. The highest BCUT2D eigenvalue weighted by Gasteiger charge is 2.48. The number of carbonyl (C=O) groups is 2. The highest BCUT2D eigenvalue weighted by molar-refractivity contribution is 5.99. The van der Waals surface area contributed by atoms with Gasteiger partial charge in [0.2, 0.25) is 11.8 Å². The first-order valence-electron chi connectivity index (χ1n) is 7.40. The van der Waals surface area contributed by atoms with Crippen molar-refractivity contribution in [2.45, 2.75) is 65.1 Å². The van der Waals surface area contributed by atoms with Gasteiger partial charge >= 0.3 is 0 Å². The zero-order valence-electron chi connectivity index (χ0n) is 13.5. The van der Waals surface area contributed by atoms with E-state index >= 15 is 0 Å². The molecule has 1 heterocycles. The molecule has 2 amide bonds. The zero-order chi connectivity index (χ0) is 15.5. The topological polar surface area (TPSA) is 58.6 Å². The molecule has 0 radical (unpaired) electrons. The van der Waals surface area contributed by atoms with Gasteiger partial charge in [0.1, 0.15) is 11.6 Å². The molecule has 5 heteroatoms. The molecule has 1 saturated heterocycles. The lowest BCUT2D eigenvalue weighted by atomic mass is 9.89. The van der Waals surface area contributed by atoms with Crippen LogP contribution < -0.4 is 5.32 Å². The fraction of sp³-hybridized carbons (Fsp3) is 0.867. The smallest absolute Gasteiger partial charge is 0.248 e. The molecule has 0 aliphatic carbocycles.